The average Bonchev–Trinajstić information content (AvgIpc) is 2.85. The van der Waals surface area contributed by atoms with Gasteiger partial charge in [-0.2, -0.15) is 0 Å². The first-order valence-corrected chi connectivity index (χ1v) is 8.62. The predicted octanol–water partition coefficient (Wildman–Crippen LogP) is 3.91. The van der Waals surface area contributed by atoms with Crippen molar-refractivity contribution in [1.29, 1.82) is 0 Å². The summed E-state index contributed by atoms with van der Waals surface area (Å²) < 4.78 is 0. The van der Waals surface area contributed by atoms with Gasteiger partial charge in [0.15, 0.2) is 0 Å². The highest BCUT2D eigenvalue weighted by atomic mass is 15.2. The average molecular weight is 268 g/mol. The van der Waals surface area contributed by atoms with Crippen LogP contribution in [0.5, 0.6) is 0 Å². The van der Waals surface area contributed by atoms with Gasteiger partial charge in [-0.25, -0.2) is 0 Å². The quantitative estimate of drug-likeness (QED) is 0.604. The Kier molecular flexibility index (Phi) is 8.01. The molecule has 1 fully saturated rings. The van der Waals surface area contributed by atoms with Gasteiger partial charge < -0.3 is 10.2 Å². The van der Waals surface area contributed by atoms with E-state index in [1.807, 2.05) is 0 Å². The molecule has 1 atom stereocenters. The van der Waals surface area contributed by atoms with Crippen molar-refractivity contribution in [2.75, 3.05) is 32.7 Å². The lowest BCUT2D eigenvalue weighted by Crippen LogP contribution is -2.43. The summed E-state index contributed by atoms with van der Waals surface area (Å²) in [5.74, 6) is 0.972. The summed E-state index contributed by atoms with van der Waals surface area (Å²) in [5, 5.41) is 3.66. The summed E-state index contributed by atoms with van der Waals surface area (Å²) in [5.41, 5.74) is 0.496. The summed E-state index contributed by atoms with van der Waals surface area (Å²) in [4.78, 5) is 2.74. The zero-order valence-corrected chi connectivity index (χ0v) is 13.8. The van der Waals surface area contributed by atoms with Crippen molar-refractivity contribution in [1.82, 2.24) is 10.2 Å². The molecular formula is C17H36N2. The van der Waals surface area contributed by atoms with Crippen LogP contribution in [0, 0.1) is 11.3 Å². The third-order valence-electron chi connectivity index (χ3n) is 5.05. The largest absolute Gasteiger partial charge is 0.316 e. The maximum Gasteiger partial charge on any atom is 0.00501 e. The van der Waals surface area contributed by atoms with Gasteiger partial charge in [-0.1, -0.05) is 34.1 Å². The number of nitrogens with zero attached hydrogens (tertiary/aromatic N) is 1. The number of hydrogen-bond donors (Lipinski definition) is 1. The van der Waals surface area contributed by atoms with E-state index < -0.39 is 0 Å². The van der Waals surface area contributed by atoms with E-state index in [4.69, 9.17) is 0 Å². The summed E-state index contributed by atoms with van der Waals surface area (Å²) >= 11 is 0. The Bertz CT molecular complexity index is 223. The van der Waals surface area contributed by atoms with Crippen LogP contribution in [-0.2, 0) is 0 Å². The topological polar surface area (TPSA) is 15.3 Å². The molecule has 0 spiro atoms. The van der Waals surface area contributed by atoms with E-state index in [-0.39, 0.29) is 0 Å². The molecule has 0 aromatic heterocycles. The lowest BCUT2D eigenvalue weighted by molar-refractivity contribution is 0.151. The van der Waals surface area contributed by atoms with Crippen LogP contribution in [0.15, 0.2) is 0 Å². The molecule has 1 unspecified atom stereocenters. The highest BCUT2D eigenvalue weighted by molar-refractivity contribution is 4.86. The fourth-order valence-corrected chi connectivity index (χ4v) is 3.48. The molecule has 0 bridgehead atoms. The molecule has 114 valence electrons. The molecule has 1 aliphatic heterocycles. The molecule has 2 nitrogen and oxygen atoms in total. The number of nitrogens with one attached hydrogen (secondary N) is 1. The van der Waals surface area contributed by atoms with Gasteiger partial charge >= 0.3 is 0 Å². The van der Waals surface area contributed by atoms with E-state index in [1.54, 1.807) is 0 Å². The summed E-state index contributed by atoms with van der Waals surface area (Å²) in [6, 6.07) is 0. The number of hydrogen-bond acceptors (Lipinski definition) is 2. The fourth-order valence-electron chi connectivity index (χ4n) is 3.48. The normalized spacial score (nSPS) is 21.2. The van der Waals surface area contributed by atoms with Crippen LogP contribution in [0.4, 0.5) is 0 Å². The first kappa shape index (κ1) is 17.0. The van der Waals surface area contributed by atoms with Crippen molar-refractivity contribution < 1.29 is 0 Å². The standard InChI is InChI=1S/C17H36N2/c1-5-9-16-10-12-19(13-16)15-17(7-3,8-4)14-18-11-6-2/h16,18H,5-15H2,1-4H3. The second-order valence-corrected chi connectivity index (χ2v) is 6.56. The Morgan fingerprint density at radius 3 is 2.42 bits per heavy atom. The zero-order valence-electron chi connectivity index (χ0n) is 13.8. The number of rotatable bonds is 10. The van der Waals surface area contributed by atoms with Crippen molar-refractivity contribution >= 4 is 0 Å². The lowest BCUT2D eigenvalue weighted by Gasteiger charge is -2.36. The van der Waals surface area contributed by atoms with Crippen LogP contribution >= 0.6 is 0 Å². The van der Waals surface area contributed by atoms with Crippen LogP contribution in [0.3, 0.4) is 0 Å². The van der Waals surface area contributed by atoms with E-state index >= 15 is 0 Å². The molecule has 2 heteroatoms. The van der Waals surface area contributed by atoms with Gasteiger partial charge in [-0.05, 0) is 56.5 Å². The third-order valence-corrected chi connectivity index (χ3v) is 5.05. The smallest absolute Gasteiger partial charge is 0.00501 e. The van der Waals surface area contributed by atoms with Gasteiger partial charge in [-0.3, -0.25) is 0 Å². The fraction of sp³-hybridized carbons (Fsp3) is 1.00. The second kappa shape index (κ2) is 8.97. The van der Waals surface area contributed by atoms with Gasteiger partial charge in [0.1, 0.15) is 0 Å². The van der Waals surface area contributed by atoms with Crippen LogP contribution in [0.2, 0.25) is 0 Å². The zero-order chi connectivity index (χ0) is 14.1. The summed E-state index contributed by atoms with van der Waals surface area (Å²) in [6.07, 6.45) is 8.05. The monoisotopic (exact) mass is 268 g/mol. The van der Waals surface area contributed by atoms with E-state index in [9.17, 15) is 0 Å². The molecule has 1 aliphatic rings. The third kappa shape index (κ3) is 5.43. The Labute approximate surface area is 121 Å². The molecule has 19 heavy (non-hydrogen) atoms. The molecule has 1 rings (SSSR count). The highest BCUT2D eigenvalue weighted by Gasteiger charge is 2.31. The van der Waals surface area contributed by atoms with Crippen molar-refractivity contribution in [2.45, 2.75) is 66.2 Å². The Morgan fingerprint density at radius 1 is 1.11 bits per heavy atom. The minimum atomic E-state index is 0.496. The lowest BCUT2D eigenvalue weighted by atomic mass is 9.81. The first-order chi connectivity index (χ1) is 9.19. The SMILES string of the molecule is CCCNCC(CC)(CC)CN1CCC(CCC)C1. The molecule has 1 saturated heterocycles. The van der Waals surface area contributed by atoms with E-state index in [2.05, 4.69) is 37.9 Å². The Balaban J connectivity index is 2.44. The van der Waals surface area contributed by atoms with E-state index in [1.165, 1.54) is 71.2 Å². The minimum Gasteiger partial charge on any atom is -0.316 e. The van der Waals surface area contributed by atoms with Gasteiger partial charge in [0, 0.05) is 19.6 Å². The first-order valence-electron chi connectivity index (χ1n) is 8.62. The van der Waals surface area contributed by atoms with Gasteiger partial charge in [0.05, 0.1) is 0 Å². The molecule has 0 aromatic rings. The van der Waals surface area contributed by atoms with Crippen molar-refractivity contribution in [2.24, 2.45) is 11.3 Å². The Morgan fingerprint density at radius 2 is 1.84 bits per heavy atom. The van der Waals surface area contributed by atoms with Crippen LogP contribution in [0.25, 0.3) is 0 Å². The molecule has 1 heterocycles. The molecular weight excluding hydrogens is 232 g/mol. The minimum absolute atomic E-state index is 0.496. The molecule has 0 radical (unpaired) electrons. The molecule has 0 aliphatic carbocycles. The summed E-state index contributed by atoms with van der Waals surface area (Å²) in [6.45, 7) is 15.7. The van der Waals surface area contributed by atoms with Gasteiger partial charge in [0.25, 0.3) is 0 Å². The molecule has 0 aromatic carbocycles. The predicted molar refractivity (Wildman–Crippen MR) is 85.6 cm³/mol. The Hall–Kier alpha value is -0.0800. The van der Waals surface area contributed by atoms with Crippen molar-refractivity contribution in [3.8, 4) is 0 Å². The van der Waals surface area contributed by atoms with E-state index in [0.29, 0.717) is 5.41 Å². The van der Waals surface area contributed by atoms with Crippen LogP contribution < -0.4 is 5.32 Å². The second-order valence-electron chi connectivity index (χ2n) is 6.56. The maximum absolute atomic E-state index is 3.66. The van der Waals surface area contributed by atoms with Crippen molar-refractivity contribution in [3.63, 3.8) is 0 Å². The van der Waals surface area contributed by atoms with Gasteiger partial charge in [0.2, 0.25) is 0 Å². The van der Waals surface area contributed by atoms with Gasteiger partial charge in [-0.15, -0.1) is 0 Å². The molecule has 1 N–H and O–H groups in total. The van der Waals surface area contributed by atoms with Crippen LogP contribution in [0.1, 0.15) is 66.2 Å². The molecule has 0 amide bonds. The maximum atomic E-state index is 3.66. The summed E-state index contributed by atoms with van der Waals surface area (Å²) in [7, 11) is 0. The molecule has 0 saturated carbocycles. The van der Waals surface area contributed by atoms with E-state index in [0.717, 1.165) is 5.92 Å². The number of likely N-dealkylation sites (tertiary alicyclic amines) is 1. The van der Waals surface area contributed by atoms with Crippen molar-refractivity contribution in [3.05, 3.63) is 0 Å². The van der Waals surface area contributed by atoms with Crippen LogP contribution in [-0.4, -0.2) is 37.6 Å². The highest BCUT2D eigenvalue weighted by Crippen LogP contribution is 2.30.